The molecule has 0 aliphatic carbocycles. The highest BCUT2D eigenvalue weighted by molar-refractivity contribution is 6.16. The average Bonchev–Trinajstić information content (AvgIpc) is 2.50. The Labute approximate surface area is 68.5 Å². The summed E-state index contributed by atoms with van der Waals surface area (Å²) in [6.07, 6.45) is 1.39. The normalized spacial score (nSPS) is 9.64. The van der Waals surface area contributed by atoms with E-state index in [0.717, 1.165) is 0 Å². The number of aromatic nitrogens is 2. The number of hydrogen-bond acceptors (Lipinski definition) is 3. The molecular formula is C6H7ClN2O2. The minimum Gasteiger partial charge on any atom is -0.464 e. The van der Waals surface area contributed by atoms with Crippen LogP contribution >= 0.6 is 11.6 Å². The first-order valence-electron chi connectivity index (χ1n) is 2.96. The molecule has 11 heavy (non-hydrogen) atoms. The Hall–Kier alpha value is -1.03. The Bertz CT molecular complexity index is 259. The molecule has 4 nitrogen and oxygen atoms in total. The van der Waals surface area contributed by atoms with Gasteiger partial charge in [-0.15, -0.1) is 11.6 Å². The lowest BCUT2D eigenvalue weighted by Gasteiger charge is -1.91. The molecule has 0 aliphatic rings. The molecule has 60 valence electrons. The van der Waals surface area contributed by atoms with Crippen LogP contribution in [0.2, 0.25) is 0 Å². The smallest absolute Gasteiger partial charge is 0.356 e. The van der Waals surface area contributed by atoms with Gasteiger partial charge in [-0.05, 0) is 0 Å². The summed E-state index contributed by atoms with van der Waals surface area (Å²) in [7, 11) is 1.31. The van der Waals surface area contributed by atoms with Gasteiger partial charge in [-0.3, -0.25) is 0 Å². The summed E-state index contributed by atoms with van der Waals surface area (Å²) in [5.74, 6) is 0.387. The maximum absolute atomic E-state index is 10.8. The predicted octanol–water partition coefficient (Wildman–Crippen LogP) is 0.935. The monoisotopic (exact) mass is 174 g/mol. The molecule has 0 unspecified atom stereocenters. The van der Waals surface area contributed by atoms with Crippen molar-refractivity contribution in [2.45, 2.75) is 5.88 Å². The lowest BCUT2D eigenvalue weighted by molar-refractivity contribution is 0.0594. The van der Waals surface area contributed by atoms with Crippen LogP contribution in [0.1, 0.15) is 16.3 Å². The van der Waals surface area contributed by atoms with Gasteiger partial charge in [-0.2, -0.15) is 0 Å². The molecular weight excluding hydrogens is 168 g/mol. The summed E-state index contributed by atoms with van der Waals surface area (Å²) in [5.41, 5.74) is 0.322. The van der Waals surface area contributed by atoms with Crippen LogP contribution in [0.15, 0.2) is 6.20 Å². The second-order valence-corrected chi connectivity index (χ2v) is 2.14. The number of carbonyl (C=O) groups is 1. The van der Waals surface area contributed by atoms with Crippen LogP contribution in [0, 0.1) is 0 Å². The minimum atomic E-state index is -0.436. The summed E-state index contributed by atoms with van der Waals surface area (Å²) in [6.45, 7) is 0. The van der Waals surface area contributed by atoms with E-state index in [4.69, 9.17) is 11.6 Å². The van der Waals surface area contributed by atoms with E-state index in [2.05, 4.69) is 14.7 Å². The van der Waals surface area contributed by atoms with Crippen molar-refractivity contribution in [3.8, 4) is 0 Å². The molecule has 0 aliphatic heterocycles. The highest BCUT2D eigenvalue weighted by Gasteiger charge is 2.07. The van der Waals surface area contributed by atoms with Crippen LogP contribution in [0.25, 0.3) is 0 Å². The standard InChI is InChI=1S/C6H7ClN2O2/c1-11-6(10)4-3-8-5(2-7)9-4/h3H,2H2,1H3,(H,8,9). The van der Waals surface area contributed by atoms with Gasteiger partial charge in [-0.1, -0.05) is 0 Å². The van der Waals surface area contributed by atoms with Crippen LogP contribution in [-0.4, -0.2) is 23.0 Å². The topological polar surface area (TPSA) is 55.0 Å². The van der Waals surface area contributed by atoms with E-state index in [1.807, 2.05) is 0 Å². The molecule has 1 N–H and O–H groups in total. The molecule has 0 fully saturated rings. The molecule has 0 radical (unpaired) electrons. The number of esters is 1. The molecule has 1 heterocycles. The van der Waals surface area contributed by atoms with Gasteiger partial charge in [0.25, 0.3) is 0 Å². The van der Waals surface area contributed by atoms with Gasteiger partial charge in [0.05, 0.1) is 19.2 Å². The predicted molar refractivity (Wildman–Crippen MR) is 39.5 cm³/mol. The Kier molecular flexibility index (Phi) is 2.48. The van der Waals surface area contributed by atoms with Crippen molar-refractivity contribution in [2.75, 3.05) is 7.11 Å². The first-order valence-corrected chi connectivity index (χ1v) is 3.49. The number of aromatic amines is 1. The molecule has 0 aromatic carbocycles. The van der Waals surface area contributed by atoms with Gasteiger partial charge in [0, 0.05) is 0 Å². The lowest BCUT2D eigenvalue weighted by atomic mass is 10.5. The second-order valence-electron chi connectivity index (χ2n) is 1.87. The average molecular weight is 175 g/mol. The van der Waals surface area contributed by atoms with Crippen molar-refractivity contribution >= 4 is 17.6 Å². The molecule has 0 atom stereocenters. The molecule has 0 bridgehead atoms. The van der Waals surface area contributed by atoms with Crippen LogP contribution < -0.4 is 0 Å². The number of H-pyrrole nitrogens is 1. The Morgan fingerprint density at radius 1 is 1.91 bits per heavy atom. The van der Waals surface area contributed by atoms with Crippen molar-refractivity contribution in [3.05, 3.63) is 17.7 Å². The zero-order valence-electron chi connectivity index (χ0n) is 5.93. The molecule has 0 saturated heterocycles. The zero-order chi connectivity index (χ0) is 8.27. The molecule has 0 amide bonds. The largest absolute Gasteiger partial charge is 0.464 e. The summed E-state index contributed by atoms with van der Waals surface area (Å²) in [4.78, 5) is 17.3. The van der Waals surface area contributed by atoms with E-state index in [0.29, 0.717) is 11.5 Å². The summed E-state index contributed by atoms with van der Waals surface area (Å²) in [5, 5.41) is 0. The highest BCUT2D eigenvalue weighted by atomic mass is 35.5. The van der Waals surface area contributed by atoms with Gasteiger partial charge >= 0.3 is 5.97 Å². The van der Waals surface area contributed by atoms with Gasteiger partial charge < -0.3 is 9.72 Å². The number of methoxy groups -OCH3 is 1. The first kappa shape index (κ1) is 8.07. The van der Waals surface area contributed by atoms with Gasteiger partial charge in [-0.25, -0.2) is 9.78 Å². The maximum atomic E-state index is 10.8. The number of rotatable bonds is 2. The SMILES string of the molecule is COC(=O)c1cnc(CCl)[nH]1. The molecule has 5 heteroatoms. The first-order chi connectivity index (χ1) is 5.27. The van der Waals surface area contributed by atoms with Crippen molar-refractivity contribution in [1.29, 1.82) is 0 Å². The van der Waals surface area contributed by atoms with Gasteiger partial charge in [0.2, 0.25) is 0 Å². The highest BCUT2D eigenvalue weighted by Crippen LogP contribution is 2.00. The molecule has 1 aromatic rings. The third-order valence-corrected chi connectivity index (χ3v) is 1.41. The Morgan fingerprint density at radius 2 is 2.64 bits per heavy atom. The number of hydrogen-bond donors (Lipinski definition) is 1. The number of alkyl halides is 1. The molecule has 0 spiro atoms. The quantitative estimate of drug-likeness (QED) is 0.536. The Morgan fingerprint density at radius 3 is 3.09 bits per heavy atom. The number of imidazole rings is 1. The fourth-order valence-corrected chi connectivity index (χ4v) is 0.780. The van der Waals surface area contributed by atoms with Crippen molar-refractivity contribution in [1.82, 2.24) is 9.97 Å². The van der Waals surface area contributed by atoms with E-state index in [1.54, 1.807) is 0 Å². The van der Waals surface area contributed by atoms with Crippen molar-refractivity contribution < 1.29 is 9.53 Å². The number of halogens is 1. The van der Waals surface area contributed by atoms with Crippen molar-refractivity contribution in [2.24, 2.45) is 0 Å². The summed E-state index contributed by atoms with van der Waals surface area (Å²) >= 11 is 5.44. The number of carbonyl (C=O) groups excluding carboxylic acids is 1. The summed E-state index contributed by atoms with van der Waals surface area (Å²) in [6, 6.07) is 0. The fourth-order valence-electron chi connectivity index (χ4n) is 0.644. The number of nitrogens with one attached hydrogen (secondary N) is 1. The third-order valence-electron chi connectivity index (χ3n) is 1.16. The van der Waals surface area contributed by atoms with Crippen LogP contribution in [0.4, 0.5) is 0 Å². The fraction of sp³-hybridized carbons (Fsp3) is 0.333. The Balaban J connectivity index is 2.80. The van der Waals surface area contributed by atoms with E-state index in [-0.39, 0.29) is 5.88 Å². The van der Waals surface area contributed by atoms with Gasteiger partial charge in [0.15, 0.2) is 0 Å². The molecule has 1 rings (SSSR count). The zero-order valence-corrected chi connectivity index (χ0v) is 6.68. The van der Waals surface area contributed by atoms with Crippen molar-refractivity contribution in [3.63, 3.8) is 0 Å². The van der Waals surface area contributed by atoms with Crippen LogP contribution in [-0.2, 0) is 10.6 Å². The van der Waals surface area contributed by atoms with Gasteiger partial charge in [0.1, 0.15) is 11.5 Å². The minimum absolute atomic E-state index is 0.261. The lowest BCUT2D eigenvalue weighted by Crippen LogP contribution is -2.01. The maximum Gasteiger partial charge on any atom is 0.356 e. The number of nitrogens with zero attached hydrogens (tertiary/aromatic N) is 1. The van der Waals surface area contributed by atoms with Crippen LogP contribution in [0.3, 0.4) is 0 Å². The van der Waals surface area contributed by atoms with E-state index >= 15 is 0 Å². The summed E-state index contributed by atoms with van der Waals surface area (Å²) < 4.78 is 4.44. The second kappa shape index (κ2) is 3.39. The number of ether oxygens (including phenoxy) is 1. The molecule has 1 aromatic heterocycles. The third kappa shape index (κ3) is 1.71. The molecule has 0 saturated carbocycles. The van der Waals surface area contributed by atoms with E-state index in [1.165, 1.54) is 13.3 Å². The van der Waals surface area contributed by atoms with E-state index < -0.39 is 5.97 Å². The van der Waals surface area contributed by atoms with Crippen LogP contribution in [0.5, 0.6) is 0 Å². The van der Waals surface area contributed by atoms with E-state index in [9.17, 15) is 4.79 Å².